The van der Waals surface area contributed by atoms with Gasteiger partial charge in [0.2, 0.25) is 0 Å². The highest BCUT2D eigenvalue weighted by Gasteiger charge is 2.39. The molecular formula is C7H16N2O2S. The Bertz CT molecular complexity index is 259. The van der Waals surface area contributed by atoms with Crippen LogP contribution < -0.4 is 11.5 Å². The van der Waals surface area contributed by atoms with Crippen LogP contribution in [-0.2, 0) is 9.84 Å². The molecule has 0 spiro atoms. The Morgan fingerprint density at radius 2 is 1.92 bits per heavy atom. The fraction of sp³-hybridized carbons (Fsp3) is 1.00. The van der Waals surface area contributed by atoms with Crippen LogP contribution in [0.2, 0.25) is 0 Å². The lowest BCUT2D eigenvalue weighted by molar-refractivity contribution is 0.307. The smallest absolute Gasteiger partial charge is 0.153 e. The third-order valence-electron chi connectivity index (χ3n) is 2.44. The van der Waals surface area contributed by atoms with E-state index in [4.69, 9.17) is 11.5 Å². The quantitative estimate of drug-likeness (QED) is 0.553. The Morgan fingerprint density at radius 1 is 1.33 bits per heavy atom. The molecule has 0 radical (unpaired) electrons. The fourth-order valence-corrected chi connectivity index (χ4v) is 3.31. The summed E-state index contributed by atoms with van der Waals surface area (Å²) < 4.78 is 22.5. The van der Waals surface area contributed by atoms with E-state index in [1.54, 1.807) is 0 Å². The van der Waals surface area contributed by atoms with E-state index in [0.29, 0.717) is 12.8 Å². The van der Waals surface area contributed by atoms with E-state index in [-0.39, 0.29) is 0 Å². The summed E-state index contributed by atoms with van der Waals surface area (Å²) in [5, 5.41) is -0.557. The highest BCUT2D eigenvalue weighted by Crippen LogP contribution is 2.27. The third-order valence-corrected chi connectivity index (χ3v) is 4.15. The van der Waals surface area contributed by atoms with E-state index >= 15 is 0 Å². The van der Waals surface area contributed by atoms with Gasteiger partial charge in [0.25, 0.3) is 0 Å². The van der Waals surface area contributed by atoms with Gasteiger partial charge >= 0.3 is 0 Å². The van der Waals surface area contributed by atoms with Crippen molar-refractivity contribution in [2.24, 2.45) is 11.5 Å². The van der Waals surface area contributed by atoms with Gasteiger partial charge in [-0.05, 0) is 12.8 Å². The van der Waals surface area contributed by atoms with Crippen LogP contribution in [0.25, 0.3) is 0 Å². The van der Waals surface area contributed by atoms with E-state index in [2.05, 4.69) is 0 Å². The normalized spacial score (nSPS) is 30.1. The predicted octanol–water partition coefficient (Wildman–Crippen LogP) is -0.413. The Balaban J connectivity index is 2.88. The standard InChI is InChI=1S/C7H16N2O2S/c1-12(10,11)6-4-2-3-5-7(6,8)9/h6H,2-5,8-9H2,1H3. The molecule has 12 heavy (non-hydrogen) atoms. The Kier molecular flexibility index (Phi) is 2.47. The van der Waals surface area contributed by atoms with Crippen LogP contribution in [0.4, 0.5) is 0 Å². The molecule has 1 rings (SSSR count). The summed E-state index contributed by atoms with van der Waals surface area (Å²) >= 11 is 0. The van der Waals surface area contributed by atoms with Crippen molar-refractivity contribution in [2.45, 2.75) is 36.6 Å². The van der Waals surface area contributed by atoms with Crippen LogP contribution in [-0.4, -0.2) is 25.6 Å². The molecule has 0 heterocycles. The first-order valence-corrected chi connectivity index (χ1v) is 6.06. The zero-order valence-corrected chi connectivity index (χ0v) is 8.10. The highest BCUT2D eigenvalue weighted by molar-refractivity contribution is 7.91. The third kappa shape index (κ3) is 1.97. The lowest BCUT2D eigenvalue weighted by Crippen LogP contribution is -2.62. The SMILES string of the molecule is CS(=O)(=O)C1CCCCC1(N)N. The number of sulfone groups is 1. The maximum atomic E-state index is 11.2. The maximum absolute atomic E-state index is 11.2. The zero-order chi connectivity index (χ0) is 9.41. The van der Waals surface area contributed by atoms with E-state index in [1.807, 2.05) is 0 Å². The molecular weight excluding hydrogens is 176 g/mol. The minimum Gasteiger partial charge on any atom is -0.312 e. The van der Waals surface area contributed by atoms with Crippen molar-refractivity contribution in [2.75, 3.05) is 6.26 Å². The number of hydrogen-bond acceptors (Lipinski definition) is 4. The monoisotopic (exact) mass is 192 g/mol. The summed E-state index contributed by atoms with van der Waals surface area (Å²) in [5.74, 6) is 0. The van der Waals surface area contributed by atoms with Crippen molar-refractivity contribution in [3.63, 3.8) is 0 Å². The van der Waals surface area contributed by atoms with Gasteiger partial charge in [-0.3, -0.25) is 0 Å². The molecule has 0 aromatic carbocycles. The molecule has 1 unspecified atom stereocenters. The van der Waals surface area contributed by atoms with Crippen molar-refractivity contribution >= 4 is 9.84 Å². The Labute approximate surface area is 73.2 Å². The fourth-order valence-electron chi connectivity index (χ4n) is 1.80. The Hall–Kier alpha value is -0.130. The Morgan fingerprint density at radius 3 is 2.25 bits per heavy atom. The van der Waals surface area contributed by atoms with Gasteiger partial charge in [0.1, 0.15) is 0 Å². The average Bonchev–Trinajstić information content (AvgIpc) is 1.83. The van der Waals surface area contributed by atoms with Gasteiger partial charge in [-0.25, -0.2) is 8.42 Å². The predicted molar refractivity (Wildman–Crippen MR) is 48.2 cm³/mol. The average molecular weight is 192 g/mol. The molecule has 0 bridgehead atoms. The van der Waals surface area contributed by atoms with Crippen LogP contribution in [0, 0.1) is 0 Å². The van der Waals surface area contributed by atoms with E-state index in [1.165, 1.54) is 6.26 Å². The molecule has 5 heteroatoms. The van der Waals surface area contributed by atoms with Crippen molar-refractivity contribution in [3.05, 3.63) is 0 Å². The van der Waals surface area contributed by atoms with E-state index < -0.39 is 20.8 Å². The minimum atomic E-state index is -3.08. The van der Waals surface area contributed by atoms with Gasteiger partial charge < -0.3 is 11.5 Å². The molecule has 1 fully saturated rings. The second-order valence-corrected chi connectivity index (χ2v) is 5.90. The highest BCUT2D eigenvalue weighted by atomic mass is 32.2. The largest absolute Gasteiger partial charge is 0.312 e. The van der Waals surface area contributed by atoms with Gasteiger partial charge in [0.05, 0.1) is 10.9 Å². The van der Waals surface area contributed by atoms with Gasteiger partial charge in [0, 0.05) is 6.26 Å². The van der Waals surface area contributed by atoms with E-state index in [9.17, 15) is 8.42 Å². The molecule has 1 saturated carbocycles. The second-order valence-electron chi connectivity index (χ2n) is 3.68. The van der Waals surface area contributed by atoms with Gasteiger partial charge in [0.15, 0.2) is 9.84 Å². The van der Waals surface area contributed by atoms with Crippen LogP contribution >= 0.6 is 0 Å². The summed E-state index contributed by atoms with van der Waals surface area (Å²) in [6, 6.07) is 0. The molecule has 72 valence electrons. The summed E-state index contributed by atoms with van der Waals surface area (Å²) in [6.45, 7) is 0. The first-order chi connectivity index (χ1) is 5.34. The molecule has 0 aromatic heterocycles. The second kappa shape index (κ2) is 2.97. The lowest BCUT2D eigenvalue weighted by Gasteiger charge is -2.36. The van der Waals surface area contributed by atoms with Crippen LogP contribution in [0.3, 0.4) is 0 Å². The molecule has 0 aromatic rings. The molecule has 0 saturated heterocycles. The number of nitrogens with two attached hydrogens (primary N) is 2. The summed E-state index contributed by atoms with van der Waals surface area (Å²) in [6.07, 6.45) is 4.25. The lowest BCUT2D eigenvalue weighted by atomic mass is 9.90. The minimum absolute atomic E-state index is 0.557. The van der Waals surface area contributed by atoms with Crippen molar-refractivity contribution in [3.8, 4) is 0 Å². The van der Waals surface area contributed by atoms with Gasteiger partial charge in [-0.2, -0.15) is 0 Å². The van der Waals surface area contributed by atoms with Crippen molar-refractivity contribution in [1.29, 1.82) is 0 Å². The summed E-state index contributed by atoms with van der Waals surface area (Å²) in [5.41, 5.74) is 10.4. The van der Waals surface area contributed by atoms with E-state index in [0.717, 1.165) is 12.8 Å². The van der Waals surface area contributed by atoms with Crippen LogP contribution in [0.15, 0.2) is 0 Å². The topological polar surface area (TPSA) is 86.2 Å². The van der Waals surface area contributed by atoms with Crippen molar-refractivity contribution < 1.29 is 8.42 Å². The van der Waals surface area contributed by atoms with Gasteiger partial charge in [-0.15, -0.1) is 0 Å². The first kappa shape index (κ1) is 9.95. The number of hydrogen-bond donors (Lipinski definition) is 2. The molecule has 1 atom stereocenters. The molecule has 1 aliphatic rings. The molecule has 1 aliphatic carbocycles. The summed E-state index contributed by atoms with van der Waals surface area (Å²) in [7, 11) is -3.08. The zero-order valence-electron chi connectivity index (χ0n) is 7.29. The molecule has 0 amide bonds. The molecule has 4 N–H and O–H groups in total. The summed E-state index contributed by atoms with van der Waals surface area (Å²) in [4.78, 5) is 0. The number of rotatable bonds is 1. The molecule has 0 aliphatic heterocycles. The van der Waals surface area contributed by atoms with Crippen molar-refractivity contribution in [1.82, 2.24) is 0 Å². The van der Waals surface area contributed by atoms with Crippen LogP contribution in [0.1, 0.15) is 25.7 Å². The molecule has 4 nitrogen and oxygen atoms in total. The van der Waals surface area contributed by atoms with Gasteiger partial charge in [-0.1, -0.05) is 12.8 Å². The maximum Gasteiger partial charge on any atom is 0.153 e. The van der Waals surface area contributed by atoms with Crippen LogP contribution in [0.5, 0.6) is 0 Å². The first-order valence-electron chi connectivity index (χ1n) is 4.11.